The van der Waals surface area contributed by atoms with Gasteiger partial charge in [0.2, 0.25) is 0 Å². The van der Waals surface area contributed by atoms with Crippen LogP contribution in [0.25, 0.3) is 0 Å². The average Bonchev–Trinajstić information content (AvgIpc) is 2.65. The Hall–Kier alpha value is -1.20. The zero-order valence-corrected chi connectivity index (χ0v) is 16.9. The van der Waals surface area contributed by atoms with E-state index in [9.17, 15) is 0 Å². The predicted octanol–water partition coefficient (Wildman–Crippen LogP) is 3.85. The molecule has 2 N–H and O–H groups in total. The van der Waals surface area contributed by atoms with Crippen LogP contribution < -0.4 is 10.6 Å². The first kappa shape index (κ1) is 20.1. The first-order valence-electron chi connectivity index (χ1n) is 9.29. The zero-order valence-electron chi connectivity index (χ0n) is 16.0. The molecule has 0 bridgehead atoms. The highest BCUT2D eigenvalue weighted by molar-refractivity contribution is 7.99. The largest absolute Gasteiger partial charge is 0.373 e. The fourth-order valence-corrected chi connectivity index (χ4v) is 3.16. The van der Waals surface area contributed by atoms with Crippen LogP contribution in [0.4, 0.5) is 0 Å². The van der Waals surface area contributed by atoms with Gasteiger partial charge in [-0.3, -0.25) is 4.99 Å². The number of hydrogen-bond acceptors (Lipinski definition) is 3. The van der Waals surface area contributed by atoms with E-state index < -0.39 is 0 Å². The Kier molecular flexibility index (Phi) is 8.10. The van der Waals surface area contributed by atoms with E-state index in [1.807, 2.05) is 11.8 Å². The first-order valence-corrected chi connectivity index (χ1v) is 10.5. The van der Waals surface area contributed by atoms with Gasteiger partial charge < -0.3 is 15.4 Å². The van der Waals surface area contributed by atoms with Gasteiger partial charge in [0.25, 0.3) is 0 Å². The van der Waals surface area contributed by atoms with E-state index in [1.54, 1.807) is 0 Å². The van der Waals surface area contributed by atoms with Gasteiger partial charge in [-0.2, -0.15) is 11.8 Å². The Morgan fingerprint density at radius 3 is 2.72 bits per heavy atom. The van der Waals surface area contributed by atoms with Crippen LogP contribution in [0.1, 0.15) is 45.3 Å². The van der Waals surface area contributed by atoms with Crippen molar-refractivity contribution in [3.05, 3.63) is 35.9 Å². The van der Waals surface area contributed by atoms with Gasteiger partial charge in [-0.05, 0) is 45.4 Å². The van der Waals surface area contributed by atoms with E-state index in [4.69, 9.17) is 9.73 Å². The van der Waals surface area contributed by atoms with Gasteiger partial charge >= 0.3 is 0 Å². The Morgan fingerprint density at radius 2 is 2.04 bits per heavy atom. The summed E-state index contributed by atoms with van der Waals surface area (Å²) in [5.74, 6) is 1.37. The number of ether oxygens (including phenoxy) is 1. The molecule has 1 fully saturated rings. The van der Waals surface area contributed by atoms with E-state index >= 15 is 0 Å². The molecule has 0 amide bonds. The molecule has 1 aromatic rings. The predicted molar refractivity (Wildman–Crippen MR) is 109 cm³/mol. The van der Waals surface area contributed by atoms with Crippen LogP contribution in [0.3, 0.4) is 0 Å². The quantitative estimate of drug-likeness (QED) is 0.570. The summed E-state index contributed by atoms with van der Waals surface area (Å²) >= 11 is 1.85. The Bertz CT molecular complexity index is 533. The van der Waals surface area contributed by atoms with Crippen molar-refractivity contribution in [2.45, 2.75) is 44.5 Å². The normalized spacial score (nSPS) is 21.8. The van der Waals surface area contributed by atoms with E-state index in [1.165, 1.54) is 12.0 Å². The third kappa shape index (κ3) is 6.55. The summed E-state index contributed by atoms with van der Waals surface area (Å²) in [6.45, 7) is 9.96. The SMILES string of the molecule is CCNC(=NCC(C)(C)SC)NCC1CCCOC1c1ccccc1. The molecule has 2 unspecified atom stereocenters. The fourth-order valence-electron chi connectivity index (χ4n) is 2.97. The second kappa shape index (κ2) is 10.1. The Labute approximate surface area is 157 Å². The zero-order chi connectivity index (χ0) is 18.1. The minimum atomic E-state index is 0.156. The molecule has 1 aliphatic heterocycles. The van der Waals surface area contributed by atoms with Gasteiger partial charge in [0, 0.05) is 30.4 Å². The number of aliphatic imine (C=N–C) groups is 1. The smallest absolute Gasteiger partial charge is 0.191 e. The second-order valence-corrected chi connectivity index (χ2v) is 8.66. The molecule has 140 valence electrons. The molecule has 0 saturated carbocycles. The molecule has 2 atom stereocenters. The van der Waals surface area contributed by atoms with Crippen LogP contribution in [0.15, 0.2) is 35.3 Å². The third-order valence-electron chi connectivity index (χ3n) is 4.62. The van der Waals surface area contributed by atoms with Crippen molar-refractivity contribution < 1.29 is 4.74 Å². The summed E-state index contributed by atoms with van der Waals surface area (Å²) < 4.78 is 6.25. The number of nitrogens with one attached hydrogen (secondary N) is 2. The highest BCUT2D eigenvalue weighted by Gasteiger charge is 2.27. The lowest BCUT2D eigenvalue weighted by molar-refractivity contribution is -0.0265. The van der Waals surface area contributed by atoms with Crippen LogP contribution in [0.2, 0.25) is 0 Å². The fraction of sp³-hybridized carbons (Fsp3) is 0.650. The first-order chi connectivity index (χ1) is 12.1. The van der Waals surface area contributed by atoms with Gasteiger partial charge in [-0.15, -0.1) is 0 Å². The van der Waals surface area contributed by atoms with Crippen LogP contribution in [0, 0.1) is 5.92 Å². The van der Waals surface area contributed by atoms with E-state index in [-0.39, 0.29) is 10.9 Å². The van der Waals surface area contributed by atoms with Crippen molar-refractivity contribution in [1.29, 1.82) is 0 Å². The Balaban J connectivity index is 1.98. The summed E-state index contributed by atoms with van der Waals surface area (Å²) in [4.78, 5) is 4.77. The minimum absolute atomic E-state index is 0.156. The van der Waals surface area contributed by atoms with Crippen molar-refractivity contribution in [3.63, 3.8) is 0 Å². The van der Waals surface area contributed by atoms with Crippen LogP contribution in [-0.2, 0) is 4.74 Å². The van der Waals surface area contributed by atoms with Gasteiger partial charge in [0.1, 0.15) is 0 Å². The summed E-state index contributed by atoms with van der Waals surface area (Å²) in [6, 6.07) is 10.6. The van der Waals surface area contributed by atoms with Gasteiger partial charge in [0.15, 0.2) is 5.96 Å². The number of guanidine groups is 1. The maximum Gasteiger partial charge on any atom is 0.191 e. The molecular formula is C20H33N3OS. The minimum Gasteiger partial charge on any atom is -0.373 e. The Morgan fingerprint density at radius 1 is 1.28 bits per heavy atom. The standard InChI is InChI=1S/C20H33N3OS/c1-5-21-19(23-15-20(2,3)25-4)22-14-17-12-9-13-24-18(17)16-10-7-6-8-11-16/h6-8,10-11,17-18H,5,9,12-15H2,1-4H3,(H2,21,22,23). The molecule has 1 saturated heterocycles. The summed E-state index contributed by atoms with van der Waals surface area (Å²) in [5.41, 5.74) is 1.28. The molecule has 0 spiro atoms. The highest BCUT2D eigenvalue weighted by Crippen LogP contribution is 2.33. The van der Waals surface area contributed by atoms with Crippen molar-refractivity contribution in [2.24, 2.45) is 10.9 Å². The van der Waals surface area contributed by atoms with Crippen molar-refractivity contribution >= 4 is 17.7 Å². The van der Waals surface area contributed by atoms with Gasteiger partial charge in [0.05, 0.1) is 12.6 Å². The van der Waals surface area contributed by atoms with Crippen molar-refractivity contribution in [3.8, 4) is 0 Å². The lowest BCUT2D eigenvalue weighted by Crippen LogP contribution is -2.42. The molecule has 5 heteroatoms. The molecule has 25 heavy (non-hydrogen) atoms. The molecule has 2 rings (SSSR count). The molecule has 0 aromatic heterocycles. The second-order valence-electron chi connectivity index (χ2n) is 7.14. The van der Waals surface area contributed by atoms with Crippen LogP contribution >= 0.6 is 11.8 Å². The third-order valence-corrected chi connectivity index (χ3v) is 5.85. The highest BCUT2D eigenvalue weighted by atomic mass is 32.2. The lowest BCUT2D eigenvalue weighted by atomic mass is 9.89. The van der Waals surface area contributed by atoms with E-state index in [2.05, 4.69) is 68.0 Å². The molecular weight excluding hydrogens is 330 g/mol. The maximum absolute atomic E-state index is 6.10. The summed E-state index contributed by atoms with van der Waals surface area (Å²) in [6.07, 6.45) is 4.62. The van der Waals surface area contributed by atoms with Crippen LogP contribution in [-0.4, -0.2) is 43.2 Å². The molecule has 1 aliphatic rings. The number of rotatable bonds is 7. The van der Waals surface area contributed by atoms with E-state index in [0.717, 1.165) is 38.6 Å². The molecule has 0 aliphatic carbocycles. The average molecular weight is 364 g/mol. The summed E-state index contributed by atoms with van der Waals surface area (Å²) in [5, 5.41) is 6.90. The van der Waals surface area contributed by atoms with Gasteiger partial charge in [-0.25, -0.2) is 0 Å². The molecule has 0 radical (unpaired) electrons. The van der Waals surface area contributed by atoms with Crippen molar-refractivity contribution in [2.75, 3.05) is 32.5 Å². The number of thioether (sulfide) groups is 1. The van der Waals surface area contributed by atoms with Crippen LogP contribution in [0.5, 0.6) is 0 Å². The van der Waals surface area contributed by atoms with E-state index in [0.29, 0.717) is 5.92 Å². The summed E-state index contributed by atoms with van der Waals surface area (Å²) in [7, 11) is 0. The maximum atomic E-state index is 6.10. The van der Waals surface area contributed by atoms with Gasteiger partial charge in [-0.1, -0.05) is 30.3 Å². The molecule has 4 nitrogen and oxygen atoms in total. The lowest BCUT2D eigenvalue weighted by Gasteiger charge is -2.32. The number of hydrogen-bond donors (Lipinski definition) is 2. The monoisotopic (exact) mass is 363 g/mol. The van der Waals surface area contributed by atoms with Crippen molar-refractivity contribution in [1.82, 2.24) is 10.6 Å². The number of benzene rings is 1. The molecule has 1 aromatic carbocycles. The molecule has 1 heterocycles. The topological polar surface area (TPSA) is 45.7 Å². The number of nitrogens with zero attached hydrogens (tertiary/aromatic N) is 1.